The van der Waals surface area contributed by atoms with Gasteiger partial charge in [0, 0.05) is 13.2 Å². The molecule has 2 nitrogen and oxygen atoms in total. The normalized spacial score (nSPS) is 16.2. The standard InChI is InChI=1S/C11H25NO/c1-9(2)6-7-12-11(4)10(3)8-13-5/h9-12H,6-8H2,1-5H3. The summed E-state index contributed by atoms with van der Waals surface area (Å²) in [6, 6.07) is 0.554. The first-order chi connectivity index (χ1) is 6.07. The number of nitrogens with one attached hydrogen (secondary N) is 1. The first-order valence-corrected chi connectivity index (χ1v) is 5.30. The number of hydrogen-bond donors (Lipinski definition) is 1. The molecule has 0 aliphatic carbocycles. The highest BCUT2D eigenvalue weighted by Crippen LogP contribution is 2.03. The fourth-order valence-electron chi connectivity index (χ4n) is 1.21. The molecular formula is C11H25NO. The summed E-state index contributed by atoms with van der Waals surface area (Å²) in [5, 5.41) is 3.52. The largest absolute Gasteiger partial charge is 0.384 e. The van der Waals surface area contributed by atoms with Crippen LogP contribution < -0.4 is 5.32 Å². The van der Waals surface area contributed by atoms with Gasteiger partial charge in [-0.2, -0.15) is 0 Å². The highest BCUT2D eigenvalue weighted by atomic mass is 16.5. The first-order valence-electron chi connectivity index (χ1n) is 5.30. The van der Waals surface area contributed by atoms with E-state index in [9.17, 15) is 0 Å². The van der Waals surface area contributed by atoms with E-state index >= 15 is 0 Å². The van der Waals surface area contributed by atoms with E-state index in [1.54, 1.807) is 7.11 Å². The molecule has 2 heteroatoms. The summed E-state index contributed by atoms with van der Waals surface area (Å²) in [6.07, 6.45) is 1.25. The number of ether oxygens (including phenoxy) is 1. The zero-order chi connectivity index (χ0) is 10.3. The fraction of sp³-hybridized carbons (Fsp3) is 1.00. The van der Waals surface area contributed by atoms with Crippen LogP contribution in [0.1, 0.15) is 34.1 Å². The topological polar surface area (TPSA) is 21.3 Å². The van der Waals surface area contributed by atoms with Gasteiger partial charge in [-0.1, -0.05) is 20.8 Å². The molecular weight excluding hydrogens is 162 g/mol. The van der Waals surface area contributed by atoms with Crippen LogP contribution in [0.3, 0.4) is 0 Å². The van der Waals surface area contributed by atoms with Crippen LogP contribution in [0.2, 0.25) is 0 Å². The maximum Gasteiger partial charge on any atom is 0.0502 e. The third-order valence-electron chi connectivity index (χ3n) is 2.47. The monoisotopic (exact) mass is 187 g/mol. The van der Waals surface area contributed by atoms with Crippen molar-refractivity contribution in [3.63, 3.8) is 0 Å². The molecule has 13 heavy (non-hydrogen) atoms. The molecule has 0 spiro atoms. The molecule has 0 amide bonds. The number of hydrogen-bond acceptors (Lipinski definition) is 2. The summed E-state index contributed by atoms with van der Waals surface area (Å²) >= 11 is 0. The third kappa shape index (κ3) is 7.03. The minimum atomic E-state index is 0.554. The average Bonchev–Trinajstić information content (AvgIpc) is 2.04. The van der Waals surface area contributed by atoms with Crippen LogP contribution in [-0.2, 0) is 4.74 Å². The van der Waals surface area contributed by atoms with Crippen LogP contribution in [0.4, 0.5) is 0 Å². The van der Waals surface area contributed by atoms with E-state index in [0.29, 0.717) is 12.0 Å². The Balaban J connectivity index is 3.43. The van der Waals surface area contributed by atoms with E-state index in [1.807, 2.05) is 0 Å². The van der Waals surface area contributed by atoms with E-state index in [4.69, 9.17) is 4.74 Å². The number of rotatable bonds is 7. The second-order valence-corrected chi connectivity index (χ2v) is 4.36. The molecule has 0 aliphatic heterocycles. The van der Waals surface area contributed by atoms with E-state index in [-0.39, 0.29) is 0 Å². The Morgan fingerprint density at radius 1 is 1.15 bits per heavy atom. The zero-order valence-electron chi connectivity index (χ0n) is 9.76. The van der Waals surface area contributed by atoms with Crippen molar-refractivity contribution in [2.24, 2.45) is 11.8 Å². The van der Waals surface area contributed by atoms with Gasteiger partial charge in [-0.05, 0) is 31.7 Å². The Bertz CT molecular complexity index is 115. The Hall–Kier alpha value is -0.0800. The van der Waals surface area contributed by atoms with Crippen molar-refractivity contribution in [1.82, 2.24) is 5.32 Å². The molecule has 0 saturated heterocycles. The lowest BCUT2D eigenvalue weighted by atomic mass is 10.0. The van der Waals surface area contributed by atoms with Crippen molar-refractivity contribution >= 4 is 0 Å². The first kappa shape index (κ1) is 12.9. The third-order valence-corrected chi connectivity index (χ3v) is 2.47. The molecule has 0 fully saturated rings. The van der Waals surface area contributed by atoms with Gasteiger partial charge in [-0.3, -0.25) is 0 Å². The van der Waals surface area contributed by atoms with Gasteiger partial charge in [-0.25, -0.2) is 0 Å². The SMILES string of the molecule is COCC(C)C(C)NCCC(C)C. The second kappa shape index (κ2) is 7.34. The second-order valence-electron chi connectivity index (χ2n) is 4.36. The molecule has 0 rings (SSSR count). The summed E-state index contributed by atoms with van der Waals surface area (Å²) in [5.74, 6) is 1.38. The summed E-state index contributed by atoms with van der Waals surface area (Å²) in [5.41, 5.74) is 0. The summed E-state index contributed by atoms with van der Waals surface area (Å²) < 4.78 is 5.11. The molecule has 80 valence electrons. The predicted octanol–water partition coefficient (Wildman–Crippen LogP) is 2.29. The van der Waals surface area contributed by atoms with Crippen LogP contribution in [-0.4, -0.2) is 26.3 Å². The van der Waals surface area contributed by atoms with Crippen molar-refractivity contribution < 1.29 is 4.74 Å². The van der Waals surface area contributed by atoms with Crippen LogP contribution in [0.5, 0.6) is 0 Å². The molecule has 2 unspecified atom stereocenters. The minimum absolute atomic E-state index is 0.554. The summed E-state index contributed by atoms with van der Waals surface area (Å²) in [4.78, 5) is 0. The Morgan fingerprint density at radius 3 is 2.23 bits per heavy atom. The van der Waals surface area contributed by atoms with Crippen LogP contribution in [0, 0.1) is 11.8 Å². The molecule has 0 saturated carbocycles. The molecule has 0 bridgehead atoms. The minimum Gasteiger partial charge on any atom is -0.384 e. The molecule has 0 aromatic heterocycles. The van der Waals surface area contributed by atoms with Crippen molar-refractivity contribution in [2.45, 2.75) is 40.2 Å². The molecule has 0 radical (unpaired) electrons. The lowest BCUT2D eigenvalue weighted by Crippen LogP contribution is -2.35. The van der Waals surface area contributed by atoms with Crippen molar-refractivity contribution in [3.05, 3.63) is 0 Å². The van der Waals surface area contributed by atoms with Crippen LogP contribution >= 0.6 is 0 Å². The average molecular weight is 187 g/mol. The predicted molar refractivity (Wildman–Crippen MR) is 58.0 cm³/mol. The lowest BCUT2D eigenvalue weighted by Gasteiger charge is -2.21. The van der Waals surface area contributed by atoms with E-state index < -0.39 is 0 Å². The van der Waals surface area contributed by atoms with Gasteiger partial charge < -0.3 is 10.1 Å². The van der Waals surface area contributed by atoms with Gasteiger partial charge in [0.15, 0.2) is 0 Å². The smallest absolute Gasteiger partial charge is 0.0502 e. The Kier molecular flexibility index (Phi) is 7.29. The van der Waals surface area contributed by atoms with Crippen molar-refractivity contribution in [1.29, 1.82) is 0 Å². The molecule has 0 aliphatic rings. The quantitative estimate of drug-likeness (QED) is 0.660. The van der Waals surface area contributed by atoms with Gasteiger partial charge in [0.25, 0.3) is 0 Å². The van der Waals surface area contributed by atoms with E-state index in [0.717, 1.165) is 19.1 Å². The molecule has 1 N–H and O–H groups in total. The van der Waals surface area contributed by atoms with E-state index in [2.05, 4.69) is 33.0 Å². The van der Waals surface area contributed by atoms with Crippen LogP contribution in [0.15, 0.2) is 0 Å². The van der Waals surface area contributed by atoms with Gasteiger partial charge in [0.2, 0.25) is 0 Å². The van der Waals surface area contributed by atoms with Gasteiger partial charge >= 0.3 is 0 Å². The fourth-order valence-corrected chi connectivity index (χ4v) is 1.21. The maximum atomic E-state index is 5.11. The summed E-state index contributed by atoms with van der Waals surface area (Å²) in [7, 11) is 1.76. The lowest BCUT2D eigenvalue weighted by molar-refractivity contribution is 0.142. The number of methoxy groups -OCH3 is 1. The highest BCUT2D eigenvalue weighted by molar-refractivity contribution is 4.67. The van der Waals surface area contributed by atoms with Crippen LogP contribution in [0.25, 0.3) is 0 Å². The van der Waals surface area contributed by atoms with Crippen molar-refractivity contribution in [3.8, 4) is 0 Å². The van der Waals surface area contributed by atoms with Gasteiger partial charge in [0.05, 0.1) is 6.61 Å². The maximum absolute atomic E-state index is 5.11. The molecule has 0 aromatic carbocycles. The van der Waals surface area contributed by atoms with Gasteiger partial charge in [0.1, 0.15) is 0 Å². The Morgan fingerprint density at radius 2 is 1.77 bits per heavy atom. The van der Waals surface area contributed by atoms with Gasteiger partial charge in [-0.15, -0.1) is 0 Å². The Labute approximate surface area is 83.1 Å². The highest BCUT2D eigenvalue weighted by Gasteiger charge is 2.10. The molecule has 0 aromatic rings. The summed E-state index contributed by atoms with van der Waals surface area (Å²) in [6.45, 7) is 10.9. The van der Waals surface area contributed by atoms with Crippen molar-refractivity contribution in [2.75, 3.05) is 20.3 Å². The van der Waals surface area contributed by atoms with E-state index in [1.165, 1.54) is 6.42 Å². The molecule has 2 atom stereocenters. The molecule has 0 heterocycles. The zero-order valence-corrected chi connectivity index (χ0v) is 9.76.